The molecule has 9 nitrogen and oxygen atoms in total. The van der Waals surface area contributed by atoms with Crippen LogP contribution in [0.5, 0.6) is 0 Å². The number of ether oxygens (including phenoxy) is 2. The number of hydrogen-bond donors (Lipinski definition) is 1. The van der Waals surface area contributed by atoms with Crippen LogP contribution in [0.25, 0.3) is 0 Å². The summed E-state index contributed by atoms with van der Waals surface area (Å²) in [6.07, 6.45) is 35.9. The monoisotopic (exact) mass is 727 g/mol. The molecule has 1 N–H and O–H groups in total. The van der Waals surface area contributed by atoms with Crippen LogP contribution in [0, 0.1) is 0 Å². The van der Waals surface area contributed by atoms with Gasteiger partial charge in [0.05, 0.1) is 27.7 Å². The maximum absolute atomic E-state index is 12.6. The van der Waals surface area contributed by atoms with Crippen LogP contribution < -0.4 is 0 Å². The van der Waals surface area contributed by atoms with E-state index in [1.807, 2.05) is 21.1 Å². The molecule has 0 saturated carbocycles. The molecule has 0 aromatic carbocycles. The summed E-state index contributed by atoms with van der Waals surface area (Å²) in [5, 5.41) is 0. The highest BCUT2D eigenvalue weighted by Gasteiger charge is 2.27. The number of quaternary nitrogens is 1. The molecule has 0 saturated heterocycles. The molecular formula is C40H73NO8P+. The normalized spacial score (nSPS) is 14.3. The minimum atomic E-state index is -4.38. The number of likely N-dealkylation sites (N-methyl/N-ethyl adjacent to an activating group) is 1. The summed E-state index contributed by atoms with van der Waals surface area (Å²) < 4.78 is 34.1. The highest BCUT2D eigenvalue weighted by molar-refractivity contribution is 7.47. The Morgan fingerprint density at radius 3 is 1.70 bits per heavy atom. The first-order valence-electron chi connectivity index (χ1n) is 19.4. The first kappa shape index (κ1) is 48.0. The predicted molar refractivity (Wildman–Crippen MR) is 206 cm³/mol. The Bertz CT molecular complexity index is 1000. The maximum Gasteiger partial charge on any atom is 0.472 e. The number of unbranched alkanes of at least 4 members (excludes halogenated alkanes) is 12. The van der Waals surface area contributed by atoms with Crippen molar-refractivity contribution in [3.8, 4) is 0 Å². The summed E-state index contributed by atoms with van der Waals surface area (Å²) in [6, 6.07) is 0. The third kappa shape index (κ3) is 35.8. The molecule has 0 aliphatic carbocycles. The molecule has 0 aliphatic heterocycles. The Hall–Kier alpha value is -2.03. The molecule has 0 heterocycles. The zero-order valence-corrected chi connectivity index (χ0v) is 33.3. The van der Waals surface area contributed by atoms with Crippen molar-refractivity contribution >= 4 is 19.8 Å². The van der Waals surface area contributed by atoms with Crippen LogP contribution in [0.2, 0.25) is 0 Å². The lowest BCUT2D eigenvalue weighted by molar-refractivity contribution is -0.870. The molecule has 0 amide bonds. The molecule has 0 aromatic rings. The summed E-state index contributed by atoms with van der Waals surface area (Å²) in [5.74, 6) is -0.852. The average Bonchev–Trinajstić information content (AvgIpc) is 3.06. The average molecular weight is 727 g/mol. The van der Waals surface area contributed by atoms with Gasteiger partial charge in [-0.25, -0.2) is 4.57 Å². The van der Waals surface area contributed by atoms with E-state index in [1.54, 1.807) is 0 Å². The van der Waals surface area contributed by atoms with Gasteiger partial charge in [0.15, 0.2) is 6.10 Å². The SMILES string of the molecule is CC/C=C/C/C=C/C/C=C/C/C=C/CCCCC(=O)O[C@H](COC(=O)CCCCCCCCCCCCC)COP(=O)(O)OCC[N+](C)(C)C. The summed E-state index contributed by atoms with van der Waals surface area (Å²) in [4.78, 5) is 35.1. The number of nitrogens with zero attached hydrogens (tertiary/aromatic N) is 1. The van der Waals surface area contributed by atoms with Crippen molar-refractivity contribution in [2.45, 2.75) is 148 Å². The fourth-order valence-corrected chi connectivity index (χ4v) is 5.57. The number of allylic oxidation sites excluding steroid dienone is 8. The lowest BCUT2D eigenvalue weighted by Crippen LogP contribution is -2.37. The molecular weight excluding hydrogens is 653 g/mol. The lowest BCUT2D eigenvalue weighted by Gasteiger charge is -2.24. The van der Waals surface area contributed by atoms with Gasteiger partial charge in [0, 0.05) is 12.8 Å². The van der Waals surface area contributed by atoms with E-state index in [9.17, 15) is 19.0 Å². The maximum atomic E-state index is 12.6. The standard InChI is InChI=1S/C40H72NO8P/c1-6-8-10-12-14-16-18-19-20-21-23-25-27-29-31-33-40(43)49-38(37-48-50(44,45)47-35-34-41(3,4)5)36-46-39(42)32-30-28-26-24-22-17-15-13-11-9-7-2/h8,10,14,16,19-20,23,25,38H,6-7,9,11-13,15,17-18,21-22,24,26-37H2,1-5H3/p+1/b10-8+,16-14+,20-19+,25-23+/t38-/m1/s1. The largest absolute Gasteiger partial charge is 0.472 e. The quantitative estimate of drug-likeness (QED) is 0.0230. The van der Waals surface area contributed by atoms with Gasteiger partial charge in [-0.1, -0.05) is 127 Å². The summed E-state index contributed by atoms with van der Waals surface area (Å²) in [7, 11) is 1.44. The molecule has 0 spiro atoms. The molecule has 290 valence electrons. The molecule has 0 rings (SSSR count). The molecule has 1 unspecified atom stereocenters. The van der Waals surface area contributed by atoms with Crippen molar-refractivity contribution in [1.29, 1.82) is 0 Å². The van der Waals surface area contributed by atoms with Gasteiger partial charge in [0.2, 0.25) is 0 Å². The second-order valence-corrected chi connectivity index (χ2v) is 15.4. The van der Waals surface area contributed by atoms with E-state index in [4.69, 9.17) is 18.5 Å². The number of rotatable bonds is 34. The number of phosphoric ester groups is 1. The number of esters is 2. The van der Waals surface area contributed by atoms with Crippen molar-refractivity contribution in [1.82, 2.24) is 0 Å². The number of carbonyl (C=O) groups is 2. The smallest absolute Gasteiger partial charge is 0.462 e. The highest BCUT2D eigenvalue weighted by Crippen LogP contribution is 2.43. The van der Waals surface area contributed by atoms with Crippen LogP contribution in [0.3, 0.4) is 0 Å². The van der Waals surface area contributed by atoms with Gasteiger partial charge in [-0.2, -0.15) is 0 Å². The summed E-state index contributed by atoms with van der Waals surface area (Å²) in [5.41, 5.74) is 0. The van der Waals surface area contributed by atoms with E-state index < -0.39 is 26.5 Å². The number of carbonyl (C=O) groups excluding carboxylic acids is 2. The van der Waals surface area contributed by atoms with E-state index in [-0.39, 0.29) is 32.0 Å². The first-order valence-corrected chi connectivity index (χ1v) is 20.9. The molecule has 2 atom stereocenters. The topological polar surface area (TPSA) is 108 Å². The highest BCUT2D eigenvalue weighted by atomic mass is 31.2. The van der Waals surface area contributed by atoms with Crippen LogP contribution >= 0.6 is 7.82 Å². The van der Waals surface area contributed by atoms with Crippen molar-refractivity contribution in [3.63, 3.8) is 0 Å². The molecule has 0 fully saturated rings. The Morgan fingerprint density at radius 1 is 0.640 bits per heavy atom. The van der Waals surface area contributed by atoms with Gasteiger partial charge in [-0.3, -0.25) is 18.6 Å². The second kappa shape index (κ2) is 32.8. The van der Waals surface area contributed by atoms with Gasteiger partial charge in [-0.15, -0.1) is 0 Å². The van der Waals surface area contributed by atoms with Crippen LogP contribution in [0.15, 0.2) is 48.6 Å². The molecule has 50 heavy (non-hydrogen) atoms. The Morgan fingerprint density at radius 2 is 1.14 bits per heavy atom. The fourth-order valence-electron chi connectivity index (χ4n) is 4.83. The Labute approximate surface area is 305 Å². The van der Waals surface area contributed by atoms with Gasteiger partial charge in [0.1, 0.15) is 19.8 Å². The summed E-state index contributed by atoms with van der Waals surface area (Å²) in [6.45, 7) is 4.22. The molecule has 0 aliphatic rings. The zero-order valence-electron chi connectivity index (χ0n) is 32.4. The van der Waals surface area contributed by atoms with E-state index in [1.165, 1.54) is 51.4 Å². The predicted octanol–water partition coefficient (Wildman–Crippen LogP) is 10.3. The molecule has 10 heteroatoms. The number of hydrogen-bond acceptors (Lipinski definition) is 7. The zero-order chi connectivity index (χ0) is 37.2. The van der Waals surface area contributed by atoms with Crippen molar-refractivity contribution in [2.75, 3.05) is 47.5 Å². The van der Waals surface area contributed by atoms with Crippen molar-refractivity contribution in [2.24, 2.45) is 0 Å². The third-order valence-electron chi connectivity index (χ3n) is 7.87. The third-order valence-corrected chi connectivity index (χ3v) is 8.86. The van der Waals surface area contributed by atoms with E-state index in [0.717, 1.165) is 57.8 Å². The van der Waals surface area contributed by atoms with Crippen LogP contribution in [0.1, 0.15) is 142 Å². The van der Waals surface area contributed by atoms with Crippen molar-refractivity contribution < 1.29 is 42.1 Å². The molecule has 0 aromatic heterocycles. The Kier molecular flexibility index (Phi) is 31.5. The van der Waals surface area contributed by atoms with Gasteiger partial charge >= 0.3 is 19.8 Å². The minimum Gasteiger partial charge on any atom is -0.462 e. The Balaban J connectivity index is 4.52. The minimum absolute atomic E-state index is 0.0228. The first-order chi connectivity index (χ1) is 24.0. The lowest BCUT2D eigenvalue weighted by atomic mass is 10.1. The van der Waals surface area contributed by atoms with Crippen LogP contribution in [-0.4, -0.2) is 74.9 Å². The molecule has 0 bridgehead atoms. The van der Waals surface area contributed by atoms with Crippen molar-refractivity contribution in [3.05, 3.63) is 48.6 Å². The van der Waals surface area contributed by atoms with E-state index in [0.29, 0.717) is 17.4 Å². The van der Waals surface area contributed by atoms with Gasteiger partial charge in [0.25, 0.3) is 0 Å². The second-order valence-electron chi connectivity index (χ2n) is 13.9. The van der Waals surface area contributed by atoms with Crippen LogP contribution in [0.4, 0.5) is 0 Å². The van der Waals surface area contributed by atoms with E-state index >= 15 is 0 Å². The summed E-state index contributed by atoms with van der Waals surface area (Å²) >= 11 is 0. The fraction of sp³-hybridized carbons (Fsp3) is 0.750. The number of phosphoric acid groups is 1. The van der Waals surface area contributed by atoms with Gasteiger partial charge in [-0.05, 0) is 51.4 Å². The molecule has 0 radical (unpaired) electrons. The van der Waals surface area contributed by atoms with Gasteiger partial charge < -0.3 is 18.9 Å². The van der Waals surface area contributed by atoms with E-state index in [2.05, 4.69) is 62.5 Å². The van der Waals surface area contributed by atoms with Crippen LogP contribution in [-0.2, 0) is 32.7 Å².